The highest BCUT2D eigenvalue weighted by molar-refractivity contribution is 5.55. The number of anilines is 1. The van der Waals surface area contributed by atoms with Crippen LogP contribution in [-0.4, -0.2) is 12.2 Å². The summed E-state index contributed by atoms with van der Waals surface area (Å²) in [5, 5.41) is 13.5. The largest absolute Gasteiger partial charge is 0.508 e. The molecule has 1 aliphatic rings. The van der Waals surface area contributed by atoms with E-state index in [1.54, 1.807) is 13.2 Å². The lowest BCUT2D eigenvalue weighted by atomic mass is 10.1. The third-order valence-electron chi connectivity index (χ3n) is 3.89. The van der Waals surface area contributed by atoms with Crippen LogP contribution in [0.3, 0.4) is 0 Å². The summed E-state index contributed by atoms with van der Waals surface area (Å²) in [7, 11) is 1.71. The van der Waals surface area contributed by atoms with Gasteiger partial charge in [-0.25, -0.2) is 0 Å². The minimum Gasteiger partial charge on any atom is -0.508 e. The van der Waals surface area contributed by atoms with E-state index in [1.807, 2.05) is 18.2 Å². The van der Waals surface area contributed by atoms with Gasteiger partial charge in [0.15, 0.2) is 0 Å². The molecule has 20 heavy (non-hydrogen) atoms. The molecule has 3 rings (SSSR count). The maximum atomic E-state index is 9.91. The molecule has 2 N–H and O–H groups in total. The van der Waals surface area contributed by atoms with Crippen molar-refractivity contribution in [3.63, 3.8) is 0 Å². The van der Waals surface area contributed by atoms with Gasteiger partial charge >= 0.3 is 0 Å². The first kappa shape index (κ1) is 13.0. The molecular formula is C17H19NO2. The second-order valence-electron chi connectivity index (χ2n) is 5.17. The molecule has 2 aromatic carbocycles. The average molecular weight is 269 g/mol. The molecule has 3 nitrogen and oxygen atoms in total. The standard InChI is InChI=1S/C17H19NO2/c1-20-11-12-5-2-3-7-15(12)18-16-10-9-14-13(16)6-4-8-17(14)19/h2-8,16,18-19H,9-11H2,1H3. The predicted octanol–water partition coefficient (Wildman–Crippen LogP) is 3.64. The number of hydrogen-bond acceptors (Lipinski definition) is 3. The first-order valence-electron chi connectivity index (χ1n) is 6.93. The van der Waals surface area contributed by atoms with Gasteiger partial charge in [0.05, 0.1) is 12.6 Å². The number of phenols is 1. The summed E-state index contributed by atoms with van der Waals surface area (Å²) in [6.45, 7) is 0.600. The van der Waals surface area contributed by atoms with E-state index in [0.29, 0.717) is 12.4 Å². The fourth-order valence-corrected chi connectivity index (χ4v) is 2.92. The fourth-order valence-electron chi connectivity index (χ4n) is 2.92. The van der Waals surface area contributed by atoms with Gasteiger partial charge in [0.25, 0.3) is 0 Å². The van der Waals surface area contributed by atoms with Gasteiger partial charge in [-0.3, -0.25) is 0 Å². The molecule has 2 aromatic rings. The summed E-state index contributed by atoms with van der Waals surface area (Å²) in [5.41, 5.74) is 4.55. The van der Waals surface area contributed by atoms with Crippen LogP contribution in [0.2, 0.25) is 0 Å². The van der Waals surface area contributed by atoms with Crippen LogP contribution in [0, 0.1) is 0 Å². The summed E-state index contributed by atoms with van der Waals surface area (Å²) in [5.74, 6) is 0.414. The molecule has 0 fully saturated rings. The maximum absolute atomic E-state index is 9.91. The molecule has 0 heterocycles. The van der Waals surface area contributed by atoms with Crippen LogP contribution in [0.15, 0.2) is 42.5 Å². The number of methoxy groups -OCH3 is 1. The van der Waals surface area contributed by atoms with Crippen LogP contribution in [0.5, 0.6) is 5.75 Å². The first-order valence-corrected chi connectivity index (χ1v) is 6.93. The van der Waals surface area contributed by atoms with E-state index in [0.717, 1.165) is 29.7 Å². The molecule has 1 aliphatic carbocycles. The Morgan fingerprint density at radius 1 is 1.20 bits per heavy atom. The summed E-state index contributed by atoms with van der Waals surface area (Å²) < 4.78 is 5.24. The molecular weight excluding hydrogens is 250 g/mol. The van der Waals surface area contributed by atoms with Crippen molar-refractivity contribution >= 4 is 5.69 Å². The van der Waals surface area contributed by atoms with E-state index in [9.17, 15) is 5.11 Å². The highest BCUT2D eigenvalue weighted by Gasteiger charge is 2.24. The third-order valence-corrected chi connectivity index (χ3v) is 3.89. The molecule has 0 radical (unpaired) electrons. The van der Waals surface area contributed by atoms with Crippen LogP contribution in [-0.2, 0) is 17.8 Å². The van der Waals surface area contributed by atoms with E-state index < -0.39 is 0 Å². The lowest BCUT2D eigenvalue weighted by molar-refractivity contribution is 0.185. The Kier molecular flexibility index (Phi) is 3.61. The lowest BCUT2D eigenvalue weighted by Crippen LogP contribution is -2.09. The fraction of sp³-hybridized carbons (Fsp3) is 0.294. The van der Waals surface area contributed by atoms with Crippen molar-refractivity contribution in [1.29, 1.82) is 0 Å². The van der Waals surface area contributed by atoms with Crippen molar-refractivity contribution in [3.8, 4) is 5.75 Å². The van der Waals surface area contributed by atoms with Crippen LogP contribution in [0.25, 0.3) is 0 Å². The molecule has 1 unspecified atom stereocenters. The first-order chi connectivity index (χ1) is 9.79. The number of fused-ring (bicyclic) bond motifs is 1. The van der Waals surface area contributed by atoms with Crippen molar-refractivity contribution < 1.29 is 9.84 Å². The zero-order valence-corrected chi connectivity index (χ0v) is 11.6. The normalized spacial score (nSPS) is 16.9. The van der Waals surface area contributed by atoms with Crippen molar-refractivity contribution in [3.05, 3.63) is 59.2 Å². The third kappa shape index (κ3) is 2.37. The summed E-state index contributed by atoms with van der Waals surface area (Å²) in [6.07, 6.45) is 1.93. The topological polar surface area (TPSA) is 41.5 Å². The minimum absolute atomic E-state index is 0.259. The number of nitrogens with one attached hydrogen (secondary N) is 1. The number of ether oxygens (including phenoxy) is 1. The molecule has 3 heteroatoms. The number of rotatable bonds is 4. The van der Waals surface area contributed by atoms with E-state index in [2.05, 4.69) is 23.5 Å². The maximum Gasteiger partial charge on any atom is 0.119 e. The molecule has 104 valence electrons. The number of phenolic OH excluding ortho intramolecular Hbond substituents is 1. The van der Waals surface area contributed by atoms with Crippen molar-refractivity contribution in [1.82, 2.24) is 0 Å². The average Bonchev–Trinajstić information content (AvgIpc) is 2.86. The molecule has 0 aliphatic heterocycles. The van der Waals surface area contributed by atoms with Crippen molar-refractivity contribution in [2.24, 2.45) is 0 Å². The van der Waals surface area contributed by atoms with Crippen molar-refractivity contribution in [2.45, 2.75) is 25.5 Å². The number of para-hydroxylation sites is 1. The Morgan fingerprint density at radius 3 is 2.90 bits per heavy atom. The van der Waals surface area contributed by atoms with Gasteiger partial charge < -0.3 is 15.2 Å². The van der Waals surface area contributed by atoms with Crippen LogP contribution >= 0.6 is 0 Å². The second kappa shape index (κ2) is 5.55. The molecule has 0 saturated heterocycles. The molecule has 0 spiro atoms. The van der Waals surface area contributed by atoms with E-state index in [4.69, 9.17) is 4.74 Å². The van der Waals surface area contributed by atoms with Gasteiger partial charge in [-0.2, -0.15) is 0 Å². The Labute approximate surface area is 119 Å². The minimum atomic E-state index is 0.259. The number of aromatic hydroxyl groups is 1. The predicted molar refractivity (Wildman–Crippen MR) is 79.9 cm³/mol. The smallest absolute Gasteiger partial charge is 0.119 e. The van der Waals surface area contributed by atoms with Gasteiger partial charge in [0.2, 0.25) is 0 Å². The monoisotopic (exact) mass is 269 g/mol. The Hall–Kier alpha value is -2.00. The molecule has 1 atom stereocenters. The molecule has 0 amide bonds. The van der Waals surface area contributed by atoms with Gasteiger partial charge in [-0.05, 0) is 36.1 Å². The van der Waals surface area contributed by atoms with Gasteiger partial charge in [0.1, 0.15) is 5.75 Å². The Bertz CT molecular complexity index is 610. The number of benzene rings is 2. The van der Waals surface area contributed by atoms with E-state index in [-0.39, 0.29) is 6.04 Å². The van der Waals surface area contributed by atoms with Crippen LogP contribution in [0.1, 0.15) is 29.2 Å². The lowest BCUT2D eigenvalue weighted by Gasteiger charge is -2.18. The van der Waals surface area contributed by atoms with E-state index >= 15 is 0 Å². The van der Waals surface area contributed by atoms with Crippen LogP contribution in [0.4, 0.5) is 5.69 Å². The van der Waals surface area contributed by atoms with Crippen molar-refractivity contribution in [2.75, 3.05) is 12.4 Å². The zero-order chi connectivity index (χ0) is 13.9. The highest BCUT2D eigenvalue weighted by atomic mass is 16.5. The quantitative estimate of drug-likeness (QED) is 0.890. The Balaban J connectivity index is 1.86. The second-order valence-corrected chi connectivity index (χ2v) is 5.17. The van der Waals surface area contributed by atoms with Gasteiger partial charge in [0, 0.05) is 18.4 Å². The zero-order valence-electron chi connectivity index (χ0n) is 11.6. The van der Waals surface area contributed by atoms with Gasteiger partial charge in [-0.15, -0.1) is 0 Å². The molecule has 0 saturated carbocycles. The van der Waals surface area contributed by atoms with Gasteiger partial charge in [-0.1, -0.05) is 30.3 Å². The van der Waals surface area contributed by atoms with E-state index in [1.165, 1.54) is 5.56 Å². The molecule has 0 aromatic heterocycles. The summed E-state index contributed by atoms with van der Waals surface area (Å²) in [6, 6.07) is 14.2. The summed E-state index contributed by atoms with van der Waals surface area (Å²) in [4.78, 5) is 0. The van der Waals surface area contributed by atoms with Crippen LogP contribution < -0.4 is 5.32 Å². The molecule has 0 bridgehead atoms. The summed E-state index contributed by atoms with van der Waals surface area (Å²) >= 11 is 0. The Morgan fingerprint density at radius 2 is 2.05 bits per heavy atom. The highest BCUT2D eigenvalue weighted by Crippen LogP contribution is 2.38. The number of hydrogen-bond donors (Lipinski definition) is 2. The SMILES string of the molecule is COCc1ccccc1NC1CCc2c(O)cccc21.